The third-order valence-corrected chi connectivity index (χ3v) is 3.18. The van der Waals surface area contributed by atoms with Gasteiger partial charge in [-0.2, -0.15) is 0 Å². The Morgan fingerprint density at radius 1 is 1.47 bits per heavy atom. The highest BCUT2D eigenvalue weighted by atomic mass is 16.4. The molecule has 1 N–H and O–H groups in total. The Hall–Kier alpha value is -1.19. The molecule has 1 aliphatic carbocycles. The molecule has 1 fully saturated rings. The smallest absolute Gasteiger partial charge is 0.317 e. The minimum Gasteiger partial charge on any atom is -0.480 e. The Kier molecular flexibility index (Phi) is 3.61. The van der Waals surface area contributed by atoms with Crippen molar-refractivity contribution in [3.63, 3.8) is 0 Å². The number of carboxylic acids is 1. The maximum atomic E-state index is 11.5. The molecule has 0 bridgehead atoms. The largest absolute Gasteiger partial charge is 0.480 e. The molecule has 1 atom stereocenters. The zero-order valence-corrected chi connectivity index (χ0v) is 8.91. The van der Waals surface area contributed by atoms with Gasteiger partial charge in [-0.15, -0.1) is 0 Å². The molecule has 0 aromatic heterocycles. The molecule has 1 saturated carbocycles. The van der Waals surface area contributed by atoms with E-state index in [0.29, 0.717) is 25.7 Å². The van der Waals surface area contributed by atoms with Crippen molar-refractivity contribution in [2.24, 2.45) is 5.41 Å². The van der Waals surface area contributed by atoms with Gasteiger partial charge in [0.15, 0.2) is 0 Å². The van der Waals surface area contributed by atoms with E-state index in [0.717, 1.165) is 0 Å². The van der Waals surface area contributed by atoms with Gasteiger partial charge < -0.3 is 5.11 Å². The highest BCUT2D eigenvalue weighted by Crippen LogP contribution is 2.39. The highest BCUT2D eigenvalue weighted by molar-refractivity contribution is 6.04. The molecule has 1 unspecified atom stereocenters. The molecule has 0 radical (unpaired) electrons. The van der Waals surface area contributed by atoms with Crippen molar-refractivity contribution in [2.45, 2.75) is 45.4 Å². The van der Waals surface area contributed by atoms with Crippen LogP contribution in [0.4, 0.5) is 0 Å². The van der Waals surface area contributed by atoms with E-state index in [4.69, 9.17) is 5.11 Å². The maximum absolute atomic E-state index is 11.5. The fourth-order valence-electron chi connectivity index (χ4n) is 2.06. The van der Waals surface area contributed by atoms with Gasteiger partial charge in [-0.05, 0) is 19.3 Å². The molecule has 4 nitrogen and oxygen atoms in total. The van der Waals surface area contributed by atoms with Gasteiger partial charge in [0, 0.05) is 19.3 Å². The zero-order chi connectivity index (χ0) is 11.5. The van der Waals surface area contributed by atoms with Gasteiger partial charge in [0.25, 0.3) is 0 Å². The molecular weight excluding hydrogens is 196 g/mol. The topological polar surface area (TPSA) is 71.4 Å². The van der Waals surface area contributed by atoms with E-state index in [2.05, 4.69) is 0 Å². The lowest BCUT2D eigenvalue weighted by Gasteiger charge is -2.21. The summed E-state index contributed by atoms with van der Waals surface area (Å²) in [6, 6.07) is 0. The number of carboxylic acid groups (broad SMARTS) is 1. The van der Waals surface area contributed by atoms with Crippen molar-refractivity contribution in [3.05, 3.63) is 0 Å². The second-order valence-corrected chi connectivity index (χ2v) is 4.06. The number of rotatable bonds is 5. The lowest BCUT2D eigenvalue weighted by atomic mass is 9.80. The fourth-order valence-corrected chi connectivity index (χ4v) is 2.06. The van der Waals surface area contributed by atoms with E-state index in [1.165, 1.54) is 0 Å². The first-order valence-electron chi connectivity index (χ1n) is 5.31. The van der Waals surface area contributed by atoms with E-state index in [9.17, 15) is 14.4 Å². The summed E-state index contributed by atoms with van der Waals surface area (Å²) in [6.07, 6.45) is 2.14. The van der Waals surface area contributed by atoms with Crippen LogP contribution in [-0.2, 0) is 14.4 Å². The second kappa shape index (κ2) is 4.55. The molecule has 0 heterocycles. The molecule has 4 heteroatoms. The van der Waals surface area contributed by atoms with Crippen LogP contribution in [0, 0.1) is 5.41 Å². The first-order valence-corrected chi connectivity index (χ1v) is 5.31. The first kappa shape index (κ1) is 11.9. The van der Waals surface area contributed by atoms with Crippen LogP contribution in [0.5, 0.6) is 0 Å². The van der Waals surface area contributed by atoms with Gasteiger partial charge in [0.05, 0.1) is 0 Å². The van der Waals surface area contributed by atoms with Crippen LogP contribution in [-0.4, -0.2) is 22.6 Å². The second-order valence-electron chi connectivity index (χ2n) is 4.06. The van der Waals surface area contributed by atoms with Gasteiger partial charge in [-0.3, -0.25) is 14.4 Å². The van der Waals surface area contributed by atoms with Gasteiger partial charge in [-0.25, -0.2) is 0 Å². The number of hydrogen-bond donors (Lipinski definition) is 1. The van der Waals surface area contributed by atoms with Crippen LogP contribution in [0.3, 0.4) is 0 Å². The SMILES string of the molecule is CCC(=O)CCC1(C(=O)O)CCCC1=O. The predicted octanol–water partition coefficient (Wildman–Crippen LogP) is 1.57. The minimum absolute atomic E-state index is 0.0234. The minimum atomic E-state index is -1.26. The Balaban J connectivity index is 2.71. The van der Waals surface area contributed by atoms with Gasteiger partial charge >= 0.3 is 5.97 Å². The summed E-state index contributed by atoms with van der Waals surface area (Å²) in [7, 11) is 0. The van der Waals surface area contributed by atoms with E-state index in [-0.39, 0.29) is 24.4 Å². The third kappa shape index (κ3) is 2.25. The number of carbonyl (C=O) groups excluding carboxylic acids is 2. The molecule has 15 heavy (non-hydrogen) atoms. The molecule has 0 aromatic carbocycles. The first-order chi connectivity index (χ1) is 7.03. The van der Waals surface area contributed by atoms with Crippen LogP contribution in [0.2, 0.25) is 0 Å². The maximum Gasteiger partial charge on any atom is 0.317 e. The summed E-state index contributed by atoms with van der Waals surface area (Å²) in [5.41, 5.74) is -1.26. The van der Waals surface area contributed by atoms with E-state index in [1.54, 1.807) is 6.92 Å². The van der Waals surface area contributed by atoms with Crippen molar-refractivity contribution >= 4 is 17.5 Å². The standard InChI is InChI=1S/C11H16O4/c1-2-8(12)5-7-11(10(14)15)6-3-4-9(11)13/h2-7H2,1H3,(H,14,15). The van der Waals surface area contributed by atoms with Gasteiger partial charge in [0.2, 0.25) is 0 Å². The Bertz CT molecular complexity index is 295. The molecule has 1 rings (SSSR count). The van der Waals surface area contributed by atoms with Crippen LogP contribution < -0.4 is 0 Å². The number of ketones is 2. The third-order valence-electron chi connectivity index (χ3n) is 3.18. The van der Waals surface area contributed by atoms with Crippen molar-refractivity contribution < 1.29 is 19.5 Å². The molecule has 0 saturated heterocycles. The number of Topliss-reactive ketones (excluding diaryl/α,β-unsaturated/α-hetero) is 2. The van der Waals surface area contributed by atoms with E-state index in [1.807, 2.05) is 0 Å². The Morgan fingerprint density at radius 2 is 2.13 bits per heavy atom. The van der Waals surface area contributed by atoms with Gasteiger partial charge in [-0.1, -0.05) is 6.92 Å². The summed E-state index contributed by atoms with van der Waals surface area (Å²) >= 11 is 0. The summed E-state index contributed by atoms with van der Waals surface area (Å²) in [5.74, 6) is -1.25. The molecule has 1 aliphatic rings. The summed E-state index contributed by atoms with van der Waals surface area (Å²) in [4.78, 5) is 33.8. The summed E-state index contributed by atoms with van der Waals surface area (Å²) < 4.78 is 0. The van der Waals surface area contributed by atoms with Gasteiger partial charge in [0.1, 0.15) is 17.0 Å². The average molecular weight is 212 g/mol. The quantitative estimate of drug-likeness (QED) is 0.702. The summed E-state index contributed by atoms with van der Waals surface area (Å²) in [5, 5.41) is 9.09. The monoisotopic (exact) mass is 212 g/mol. The van der Waals surface area contributed by atoms with E-state index < -0.39 is 11.4 Å². The number of aliphatic carboxylic acids is 1. The Labute approximate surface area is 88.7 Å². The van der Waals surface area contributed by atoms with Crippen LogP contribution >= 0.6 is 0 Å². The van der Waals surface area contributed by atoms with Crippen LogP contribution in [0.1, 0.15) is 45.4 Å². The average Bonchev–Trinajstić information content (AvgIpc) is 2.57. The summed E-state index contributed by atoms with van der Waals surface area (Å²) in [6.45, 7) is 1.74. The Morgan fingerprint density at radius 3 is 2.53 bits per heavy atom. The van der Waals surface area contributed by atoms with E-state index >= 15 is 0 Å². The lowest BCUT2D eigenvalue weighted by Crippen LogP contribution is -2.35. The molecule has 0 aliphatic heterocycles. The lowest BCUT2D eigenvalue weighted by molar-refractivity contribution is -0.153. The fraction of sp³-hybridized carbons (Fsp3) is 0.727. The van der Waals surface area contributed by atoms with Crippen LogP contribution in [0.25, 0.3) is 0 Å². The molecule has 0 amide bonds. The van der Waals surface area contributed by atoms with Crippen molar-refractivity contribution in [1.29, 1.82) is 0 Å². The normalized spacial score (nSPS) is 25.5. The van der Waals surface area contributed by atoms with Crippen LogP contribution in [0.15, 0.2) is 0 Å². The zero-order valence-electron chi connectivity index (χ0n) is 8.91. The number of hydrogen-bond acceptors (Lipinski definition) is 3. The molecule has 0 spiro atoms. The molecular formula is C11H16O4. The van der Waals surface area contributed by atoms with Crippen molar-refractivity contribution in [2.75, 3.05) is 0 Å². The highest BCUT2D eigenvalue weighted by Gasteiger charge is 2.48. The van der Waals surface area contributed by atoms with Crippen molar-refractivity contribution in [1.82, 2.24) is 0 Å². The number of carbonyl (C=O) groups is 3. The predicted molar refractivity (Wildman–Crippen MR) is 53.5 cm³/mol. The molecule has 0 aromatic rings. The molecule has 84 valence electrons. The van der Waals surface area contributed by atoms with Crippen molar-refractivity contribution in [3.8, 4) is 0 Å².